The van der Waals surface area contributed by atoms with Crippen LogP contribution in [0.5, 0.6) is 0 Å². The molecular formula is C12H13FN2. The van der Waals surface area contributed by atoms with E-state index in [4.69, 9.17) is 5.73 Å². The lowest BCUT2D eigenvalue weighted by molar-refractivity contribution is 0.627. The summed E-state index contributed by atoms with van der Waals surface area (Å²) in [7, 11) is 0. The predicted molar refractivity (Wildman–Crippen MR) is 58.8 cm³/mol. The van der Waals surface area contributed by atoms with E-state index in [2.05, 4.69) is 4.98 Å². The number of hydrogen-bond acceptors (Lipinski definition) is 1. The highest BCUT2D eigenvalue weighted by Crippen LogP contribution is 2.26. The molecule has 0 saturated heterocycles. The van der Waals surface area contributed by atoms with Gasteiger partial charge in [-0.1, -0.05) is 6.07 Å². The Labute approximate surface area is 87.9 Å². The van der Waals surface area contributed by atoms with Crippen LogP contribution in [-0.2, 0) is 6.54 Å². The molecule has 0 aliphatic heterocycles. The number of nitrogens with two attached hydrogens (primary N) is 1. The molecule has 0 saturated carbocycles. The van der Waals surface area contributed by atoms with Gasteiger partial charge in [0.1, 0.15) is 5.82 Å². The summed E-state index contributed by atoms with van der Waals surface area (Å²) in [6.45, 7) is 2.38. The third-order valence-electron chi connectivity index (χ3n) is 2.53. The molecule has 0 aliphatic carbocycles. The van der Waals surface area contributed by atoms with Crippen molar-refractivity contribution in [2.75, 3.05) is 0 Å². The molecule has 2 nitrogen and oxygen atoms in total. The molecule has 0 aliphatic rings. The fraction of sp³-hybridized carbons (Fsp3) is 0.167. The van der Waals surface area contributed by atoms with Gasteiger partial charge in [0.2, 0.25) is 0 Å². The fourth-order valence-electron chi connectivity index (χ4n) is 1.74. The molecule has 0 bridgehead atoms. The number of nitrogens with one attached hydrogen (secondary N) is 1. The number of halogens is 1. The van der Waals surface area contributed by atoms with Gasteiger partial charge in [-0.15, -0.1) is 0 Å². The van der Waals surface area contributed by atoms with Gasteiger partial charge < -0.3 is 10.7 Å². The Morgan fingerprint density at radius 3 is 2.73 bits per heavy atom. The second-order valence-corrected chi connectivity index (χ2v) is 3.56. The molecule has 0 fully saturated rings. The zero-order chi connectivity index (χ0) is 10.8. The molecule has 15 heavy (non-hydrogen) atoms. The molecule has 3 heteroatoms. The number of aromatic amines is 1. The van der Waals surface area contributed by atoms with E-state index in [1.54, 1.807) is 6.07 Å². The molecule has 0 unspecified atom stereocenters. The number of benzene rings is 1. The smallest absolute Gasteiger partial charge is 0.123 e. The lowest BCUT2D eigenvalue weighted by Crippen LogP contribution is -1.96. The lowest BCUT2D eigenvalue weighted by atomic mass is 10.00. The number of aryl methyl sites for hydroxylation is 1. The maximum atomic E-state index is 12.9. The number of H-pyrrole nitrogens is 1. The Kier molecular flexibility index (Phi) is 2.56. The van der Waals surface area contributed by atoms with E-state index in [0.717, 1.165) is 22.3 Å². The minimum Gasteiger partial charge on any atom is -0.367 e. The van der Waals surface area contributed by atoms with Crippen LogP contribution in [0.1, 0.15) is 11.1 Å². The Morgan fingerprint density at radius 2 is 2.07 bits per heavy atom. The predicted octanol–water partition coefficient (Wildman–Crippen LogP) is 2.59. The molecule has 78 valence electrons. The molecule has 0 spiro atoms. The zero-order valence-electron chi connectivity index (χ0n) is 8.55. The van der Waals surface area contributed by atoms with Crippen LogP contribution in [0.2, 0.25) is 0 Å². The number of rotatable bonds is 2. The summed E-state index contributed by atoms with van der Waals surface area (Å²) in [5.41, 5.74) is 9.66. The zero-order valence-corrected chi connectivity index (χ0v) is 8.55. The maximum absolute atomic E-state index is 12.9. The summed E-state index contributed by atoms with van der Waals surface area (Å²) >= 11 is 0. The Balaban J connectivity index is 2.54. The molecule has 1 aromatic carbocycles. The van der Waals surface area contributed by atoms with Crippen molar-refractivity contribution in [3.63, 3.8) is 0 Å². The van der Waals surface area contributed by atoms with Gasteiger partial charge >= 0.3 is 0 Å². The molecule has 3 N–H and O–H groups in total. The highest BCUT2D eigenvalue weighted by molar-refractivity contribution is 5.69. The monoisotopic (exact) mass is 204 g/mol. The standard InChI is InChI=1S/C12H13FN2/c1-8-4-10(13)2-3-11(8)12-7-15-6-9(12)5-14/h2-4,6-7,15H,5,14H2,1H3. The molecule has 2 aromatic rings. The molecule has 0 radical (unpaired) electrons. The van der Waals surface area contributed by atoms with E-state index in [-0.39, 0.29) is 5.82 Å². The van der Waals surface area contributed by atoms with Crippen molar-refractivity contribution in [1.82, 2.24) is 4.98 Å². The second-order valence-electron chi connectivity index (χ2n) is 3.56. The molecule has 0 atom stereocenters. The van der Waals surface area contributed by atoms with Crippen LogP contribution in [-0.4, -0.2) is 4.98 Å². The van der Waals surface area contributed by atoms with Crippen LogP contribution >= 0.6 is 0 Å². The maximum Gasteiger partial charge on any atom is 0.123 e. The van der Waals surface area contributed by atoms with Gasteiger partial charge in [0.25, 0.3) is 0 Å². The first-order valence-electron chi connectivity index (χ1n) is 4.84. The third kappa shape index (κ3) is 1.78. The van der Waals surface area contributed by atoms with Crippen LogP contribution in [0.4, 0.5) is 4.39 Å². The van der Waals surface area contributed by atoms with Gasteiger partial charge in [-0.3, -0.25) is 0 Å². The first kappa shape index (κ1) is 9.93. The van der Waals surface area contributed by atoms with Gasteiger partial charge in [-0.2, -0.15) is 0 Å². The summed E-state index contributed by atoms with van der Waals surface area (Å²) in [4.78, 5) is 3.02. The van der Waals surface area contributed by atoms with Crippen molar-refractivity contribution < 1.29 is 4.39 Å². The van der Waals surface area contributed by atoms with Crippen LogP contribution in [0.25, 0.3) is 11.1 Å². The minimum atomic E-state index is -0.207. The van der Waals surface area contributed by atoms with Crippen molar-refractivity contribution in [3.05, 3.63) is 47.5 Å². The lowest BCUT2D eigenvalue weighted by Gasteiger charge is -2.06. The van der Waals surface area contributed by atoms with Crippen LogP contribution in [0.15, 0.2) is 30.6 Å². The fourth-order valence-corrected chi connectivity index (χ4v) is 1.74. The van der Waals surface area contributed by atoms with E-state index in [1.807, 2.05) is 19.3 Å². The van der Waals surface area contributed by atoms with E-state index in [0.29, 0.717) is 6.54 Å². The van der Waals surface area contributed by atoms with Crippen LogP contribution in [0, 0.1) is 12.7 Å². The molecular weight excluding hydrogens is 191 g/mol. The van der Waals surface area contributed by atoms with E-state index < -0.39 is 0 Å². The highest BCUT2D eigenvalue weighted by atomic mass is 19.1. The first-order chi connectivity index (χ1) is 7.22. The summed E-state index contributed by atoms with van der Waals surface area (Å²) in [5.74, 6) is -0.207. The highest BCUT2D eigenvalue weighted by Gasteiger charge is 2.07. The van der Waals surface area contributed by atoms with Gasteiger partial charge in [0.15, 0.2) is 0 Å². The average molecular weight is 204 g/mol. The summed E-state index contributed by atoms with van der Waals surface area (Å²) in [6, 6.07) is 4.78. The largest absolute Gasteiger partial charge is 0.367 e. The van der Waals surface area contributed by atoms with Crippen molar-refractivity contribution in [2.24, 2.45) is 5.73 Å². The Morgan fingerprint density at radius 1 is 1.27 bits per heavy atom. The summed E-state index contributed by atoms with van der Waals surface area (Å²) in [6.07, 6.45) is 3.76. The van der Waals surface area contributed by atoms with Crippen molar-refractivity contribution in [3.8, 4) is 11.1 Å². The minimum absolute atomic E-state index is 0.207. The summed E-state index contributed by atoms with van der Waals surface area (Å²) in [5, 5.41) is 0. The molecule has 0 amide bonds. The normalized spacial score (nSPS) is 10.6. The quantitative estimate of drug-likeness (QED) is 0.775. The molecule has 2 rings (SSSR count). The van der Waals surface area contributed by atoms with E-state index in [1.165, 1.54) is 12.1 Å². The van der Waals surface area contributed by atoms with Crippen molar-refractivity contribution in [2.45, 2.75) is 13.5 Å². The second kappa shape index (κ2) is 3.87. The summed E-state index contributed by atoms with van der Waals surface area (Å²) < 4.78 is 12.9. The molecule has 1 aromatic heterocycles. The van der Waals surface area contributed by atoms with Crippen molar-refractivity contribution >= 4 is 0 Å². The average Bonchev–Trinajstić information content (AvgIpc) is 2.65. The number of hydrogen-bond donors (Lipinski definition) is 2. The van der Waals surface area contributed by atoms with Gasteiger partial charge in [0, 0.05) is 24.5 Å². The van der Waals surface area contributed by atoms with Crippen LogP contribution in [0.3, 0.4) is 0 Å². The SMILES string of the molecule is Cc1cc(F)ccc1-c1c[nH]cc1CN. The first-order valence-corrected chi connectivity index (χ1v) is 4.84. The molecule has 1 heterocycles. The topological polar surface area (TPSA) is 41.8 Å². The Hall–Kier alpha value is -1.61. The van der Waals surface area contributed by atoms with E-state index >= 15 is 0 Å². The van der Waals surface area contributed by atoms with Gasteiger partial charge in [0.05, 0.1) is 0 Å². The van der Waals surface area contributed by atoms with Crippen molar-refractivity contribution in [1.29, 1.82) is 0 Å². The van der Waals surface area contributed by atoms with E-state index in [9.17, 15) is 4.39 Å². The van der Waals surface area contributed by atoms with Gasteiger partial charge in [-0.25, -0.2) is 4.39 Å². The third-order valence-corrected chi connectivity index (χ3v) is 2.53. The Bertz CT molecular complexity index is 474. The van der Waals surface area contributed by atoms with Gasteiger partial charge in [-0.05, 0) is 35.7 Å². The van der Waals surface area contributed by atoms with Crippen LogP contribution < -0.4 is 5.73 Å². The number of aromatic nitrogens is 1.